The number of methoxy groups -OCH3 is 3. The number of hydrogen-bond acceptors (Lipinski definition) is 4. The first-order chi connectivity index (χ1) is 15.1. The summed E-state index contributed by atoms with van der Waals surface area (Å²) in [6.45, 7) is 3.36. The molecule has 0 aliphatic rings. The van der Waals surface area contributed by atoms with Crippen molar-refractivity contribution < 1.29 is 19.0 Å². The lowest BCUT2D eigenvalue weighted by Crippen LogP contribution is -2.27. The van der Waals surface area contributed by atoms with Crippen molar-refractivity contribution in [3.05, 3.63) is 59.3 Å². The molecule has 3 aromatic rings. The van der Waals surface area contributed by atoms with Gasteiger partial charge in [0, 0.05) is 61.3 Å². The van der Waals surface area contributed by atoms with Crippen LogP contribution in [-0.2, 0) is 16.0 Å². The summed E-state index contributed by atoms with van der Waals surface area (Å²) in [6, 6.07) is 12.1. The molecule has 6 heteroatoms. The Bertz CT molecular complexity index is 1010. The molecule has 31 heavy (non-hydrogen) atoms. The van der Waals surface area contributed by atoms with E-state index in [2.05, 4.69) is 35.4 Å². The van der Waals surface area contributed by atoms with Gasteiger partial charge in [0.15, 0.2) is 0 Å². The average molecular weight is 425 g/mol. The van der Waals surface area contributed by atoms with Crippen LogP contribution in [0.4, 0.5) is 0 Å². The molecule has 2 N–H and O–H groups in total. The molecule has 1 amide bonds. The monoisotopic (exact) mass is 424 g/mol. The van der Waals surface area contributed by atoms with Crippen LogP contribution in [0.3, 0.4) is 0 Å². The quantitative estimate of drug-likeness (QED) is 0.447. The molecule has 0 bridgehead atoms. The Balaban J connectivity index is 2.01. The number of carbonyl (C=O) groups excluding carboxylic acids is 1. The number of amides is 1. The first-order valence-corrected chi connectivity index (χ1v) is 10.7. The standard InChI is InChI=1S/C25H32N2O4/c1-5-17-8-6-9-20-22(16-27-25(17)20)21(15-24(28)26-12-7-13-29-2)19-11-10-18(30-3)14-23(19)31-4/h6,8-11,14,16,21,27H,5,7,12-13,15H2,1-4H3,(H,26,28)/t21-/m0/s1. The zero-order valence-corrected chi connectivity index (χ0v) is 18.8. The Hall–Kier alpha value is -2.99. The number of nitrogens with one attached hydrogen (secondary N) is 2. The first kappa shape index (κ1) is 22.7. The van der Waals surface area contributed by atoms with Gasteiger partial charge in [0.05, 0.1) is 14.2 Å². The van der Waals surface area contributed by atoms with Gasteiger partial charge in [0.2, 0.25) is 5.91 Å². The van der Waals surface area contributed by atoms with Crippen LogP contribution in [0.2, 0.25) is 0 Å². The number of aryl methyl sites for hydroxylation is 1. The summed E-state index contributed by atoms with van der Waals surface area (Å²) < 4.78 is 16.1. The second-order valence-electron chi connectivity index (χ2n) is 7.50. The van der Waals surface area contributed by atoms with E-state index in [1.807, 2.05) is 24.4 Å². The van der Waals surface area contributed by atoms with E-state index in [1.165, 1.54) is 5.56 Å². The molecule has 0 spiro atoms. The minimum absolute atomic E-state index is 0.0000275. The molecule has 0 aliphatic carbocycles. The number of rotatable bonds is 11. The summed E-state index contributed by atoms with van der Waals surface area (Å²) in [4.78, 5) is 16.3. The molecule has 1 aromatic heterocycles. The number of H-pyrrole nitrogens is 1. The highest BCUT2D eigenvalue weighted by Crippen LogP contribution is 2.39. The van der Waals surface area contributed by atoms with Gasteiger partial charge >= 0.3 is 0 Å². The van der Waals surface area contributed by atoms with Crippen molar-refractivity contribution in [3.63, 3.8) is 0 Å². The maximum absolute atomic E-state index is 12.8. The van der Waals surface area contributed by atoms with Crippen LogP contribution in [0.5, 0.6) is 11.5 Å². The highest BCUT2D eigenvalue weighted by atomic mass is 16.5. The maximum atomic E-state index is 12.8. The first-order valence-electron chi connectivity index (χ1n) is 10.7. The van der Waals surface area contributed by atoms with Crippen molar-refractivity contribution in [2.45, 2.75) is 32.1 Å². The normalized spacial score (nSPS) is 12.0. The highest BCUT2D eigenvalue weighted by Gasteiger charge is 2.25. The van der Waals surface area contributed by atoms with Crippen molar-refractivity contribution in [2.75, 3.05) is 34.5 Å². The molecule has 1 heterocycles. The van der Waals surface area contributed by atoms with E-state index in [1.54, 1.807) is 21.3 Å². The van der Waals surface area contributed by atoms with Gasteiger partial charge in [0.25, 0.3) is 0 Å². The van der Waals surface area contributed by atoms with Gasteiger partial charge in [-0.15, -0.1) is 0 Å². The SMILES string of the molecule is CCc1cccc2c([C@@H](CC(=O)NCCCOC)c3ccc(OC)cc3OC)c[nH]c12. The molecule has 0 fully saturated rings. The Morgan fingerprint density at radius 3 is 2.65 bits per heavy atom. The zero-order valence-electron chi connectivity index (χ0n) is 18.8. The summed E-state index contributed by atoms with van der Waals surface area (Å²) in [7, 11) is 4.94. The van der Waals surface area contributed by atoms with Gasteiger partial charge in [-0.3, -0.25) is 4.79 Å². The van der Waals surface area contributed by atoms with E-state index in [0.717, 1.165) is 40.6 Å². The fraction of sp³-hybridized carbons (Fsp3) is 0.400. The Kier molecular flexibility index (Phi) is 7.95. The third-order valence-electron chi connectivity index (χ3n) is 5.64. The summed E-state index contributed by atoms with van der Waals surface area (Å²) in [5.74, 6) is 1.26. The number of fused-ring (bicyclic) bond motifs is 1. The Labute approximate surface area is 183 Å². The van der Waals surface area contributed by atoms with Crippen LogP contribution < -0.4 is 14.8 Å². The number of aromatic amines is 1. The number of para-hydroxylation sites is 1. The summed E-state index contributed by atoms with van der Waals surface area (Å²) in [5.41, 5.74) is 4.42. The van der Waals surface area contributed by atoms with Crippen molar-refractivity contribution in [1.29, 1.82) is 0 Å². The third kappa shape index (κ3) is 5.20. The predicted molar refractivity (Wildman–Crippen MR) is 123 cm³/mol. The van der Waals surface area contributed by atoms with E-state index < -0.39 is 0 Å². The number of ether oxygens (including phenoxy) is 3. The largest absolute Gasteiger partial charge is 0.497 e. The van der Waals surface area contributed by atoms with E-state index in [9.17, 15) is 4.79 Å². The predicted octanol–water partition coefficient (Wildman–Crippen LogP) is 4.42. The molecule has 6 nitrogen and oxygen atoms in total. The Morgan fingerprint density at radius 2 is 1.94 bits per heavy atom. The molecule has 3 rings (SSSR count). The molecular formula is C25H32N2O4. The fourth-order valence-electron chi connectivity index (χ4n) is 4.02. The highest BCUT2D eigenvalue weighted by molar-refractivity contribution is 5.88. The van der Waals surface area contributed by atoms with Gasteiger partial charge in [-0.25, -0.2) is 0 Å². The third-order valence-corrected chi connectivity index (χ3v) is 5.64. The van der Waals surface area contributed by atoms with Gasteiger partial charge in [-0.05, 0) is 30.0 Å². The summed E-state index contributed by atoms with van der Waals surface area (Å²) in [6.07, 6.45) is 4.06. The molecule has 0 unspecified atom stereocenters. The van der Waals surface area contributed by atoms with Crippen molar-refractivity contribution in [1.82, 2.24) is 10.3 Å². The zero-order chi connectivity index (χ0) is 22.2. The summed E-state index contributed by atoms with van der Waals surface area (Å²) >= 11 is 0. The van der Waals surface area contributed by atoms with E-state index in [4.69, 9.17) is 14.2 Å². The molecular weight excluding hydrogens is 392 g/mol. The Morgan fingerprint density at radius 1 is 1.10 bits per heavy atom. The molecule has 2 aromatic carbocycles. The van der Waals surface area contributed by atoms with Crippen LogP contribution in [0, 0.1) is 0 Å². The maximum Gasteiger partial charge on any atom is 0.220 e. The van der Waals surface area contributed by atoms with Gasteiger partial charge in [-0.2, -0.15) is 0 Å². The van der Waals surface area contributed by atoms with Crippen LogP contribution >= 0.6 is 0 Å². The molecule has 166 valence electrons. The van der Waals surface area contributed by atoms with Gasteiger partial charge < -0.3 is 24.5 Å². The minimum atomic E-state index is -0.163. The van der Waals surface area contributed by atoms with Crippen molar-refractivity contribution in [2.24, 2.45) is 0 Å². The molecule has 0 radical (unpaired) electrons. The second-order valence-corrected chi connectivity index (χ2v) is 7.50. The van der Waals surface area contributed by atoms with E-state index in [-0.39, 0.29) is 11.8 Å². The molecule has 1 atom stereocenters. The number of benzene rings is 2. The molecule has 0 aliphatic heterocycles. The minimum Gasteiger partial charge on any atom is -0.497 e. The topological polar surface area (TPSA) is 72.6 Å². The smallest absolute Gasteiger partial charge is 0.220 e. The lowest BCUT2D eigenvalue weighted by molar-refractivity contribution is -0.121. The molecule has 0 saturated carbocycles. The van der Waals surface area contributed by atoms with Gasteiger partial charge in [0.1, 0.15) is 11.5 Å². The average Bonchev–Trinajstić information content (AvgIpc) is 3.24. The van der Waals surface area contributed by atoms with Gasteiger partial charge in [-0.1, -0.05) is 31.2 Å². The van der Waals surface area contributed by atoms with Crippen molar-refractivity contribution >= 4 is 16.8 Å². The number of hydrogen-bond donors (Lipinski definition) is 2. The second kappa shape index (κ2) is 10.9. The van der Waals surface area contributed by atoms with E-state index >= 15 is 0 Å². The summed E-state index contributed by atoms with van der Waals surface area (Å²) in [5, 5.41) is 4.15. The number of carbonyl (C=O) groups is 1. The van der Waals surface area contributed by atoms with E-state index in [0.29, 0.717) is 25.3 Å². The fourth-order valence-corrected chi connectivity index (χ4v) is 4.02. The van der Waals surface area contributed by atoms with Crippen LogP contribution in [0.15, 0.2) is 42.6 Å². The van der Waals surface area contributed by atoms with Crippen LogP contribution in [0.1, 0.15) is 42.4 Å². The van der Waals surface area contributed by atoms with Crippen molar-refractivity contribution in [3.8, 4) is 11.5 Å². The lowest BCUT2D eigenvalue weighted by atomic mass is 9.87. The van der Waals surface area contributed by atoms with Crippen LogP contribution in [-0.4, -0.2) is 45.4 Å². The van der Waals surface area contributed by atoms with Crippen LogP contribution in [0.25, 0.3) is 10.9 Å². The number of aromatic nitrogens is 1. The molecule has 0 saturated heterocycles. The lowest BCUT2D eigenvalue weighted by Gasteiger charge is -2.20.